The van der Waals surface area contributed by atoms with Crippen LogP contribution in [-0.2, 0) is 11.3 Å². The minimum absolute atomic E-state index is 0.146. The number of nitrogens with zero attached hydrogens (tertiary/aromatic N) is 2. The third-order valence-corrected chi connectivity index (χ3v) is 2.61. The van der Waals surface area contributed by atoms with Gasteiger partial charge >= 0.3 is 0 Å². The van der Waals surface area contributed by atoms with Crippen molar-refractivity contribution in [3.63, 3.8) is 0 Å². The first-order valence-corrected chi connectivity index (χ1v) is 5.43. The molecule has 0 spiro atoms. The molecule has 0 saturated carbocycles. The zero-order valence-corrected chi connectivity index (χ0v) is 9.89. The summed E-state index contributed by atoms with van der Waals surface area (Å²) >= 11 is 1.57. The van der Waals surface area contributed by atoms with Crippen molar-refractivity contribution in [1.82, 2.24) is 9.88 Å². The fraction of sp³-hybridized carbons (Fsp3) is 0.600. The number of carbonyl (C=O) groups excluding carboxylic acids is 1. The Labute approximate surface area is 88.8 Å². The molecule has 1 heterocycles. The molecule has 14 heavy (non-hydrogen) atoms. The molecule has 0 atom stereocenters. The molecule has 4 heteroatoms. The number of carbonyl (C=O) groups is 1. The summed E-state index contributed by atoms with van der Waals surface area (Å²) in [5.41, 5.74) is -0.313. The lowest BCUT2D eigenvalue weighted by atomic mass is 9.95. The minimum Gasteiger partial charge on any atom is -0.339 e. The summed E-state index contributed by atoms with van der Waals surface area (Å²) in [6, 6.07) is 0. The number of rotatable bonds is 2. The van der Waals surface area contributed by atoms with Crippen LogP contribution in [-0.4, -0.2) is 22.8 Å². The fourth-order valence-electron chi connectivity index (χ4n) is 1.18. The van der Waals surface area contributed by atoms with Crippen molar-refractivity contribution in [3.8, 4) is 0 Å². The molecule has 0 aliphatic carbocycles. The van der Waals surface area contributed by atoms with Crippen LogP contribution in [0.1, 0.15) is 25.8 Å². The molecule has 1 aromatic heterocycles. The topological polar surface area (TPSA) is 33.2 Å². The second-order valence-corrected chi connectivity index (χ2v) is 5.32. The van der Waals surface area contributed by atoms with Gasteiger partial charge in [0.25, 0.3) is 0 Å². The maximum absolute atomic E-state index is 11.8. The second-order valence-electron chi connectivity index (χ2n) is 4.34. The Morgan fingerprint density at radius 3 is 2.64 bits per heavy atom. The van der Waals surface area contributed by atoms with Crippen molar-refractivity contribution in [3.05, 3.63) is 16.6 Å². The summed E-state index contributed by atoms with van der Waals surface area (Å²) in [6.45, 7) is 6.38. The fourth-order valence-corrected chi connectivity index (χ4v) is 1.85. The van der Waals surface area contributed by atoms with Crippen LogP contribution in [0, 0.1) is 5.41 Å². The first-order chi connectivity index (χ1) is 6.41. The highest BCUT2D eigenvalue weighted by molar-refractivity contribution is 7.09. The largest absolute Gasteiger partial charge is 0.339 e. The molecule has 0 radical (unpaired) electrons. The Bertz CT molecular complexity index is 300. The number of amides is 1. The van der Waals surface area contributed by atoms with E-state index < -0.39 is 0 Å². The van der Waals surface area contributed by atoms with Gasteiger partial charge in [0, 0.05) is 24.0 Å². The highest BCUT2D eigenvalue weighted by Crippen LogP contribution is 2.18. The van der Waals surface area contributed by atoms with Gasteiger partial charge in [0.2, 0.25) is 5.91 Å². The van der Waals surface area contributed by atoms with Crippen molar-refractivity contribution in [2.45, 2.75) is 27.3 Å². The van der Waals surface area contributed by atoms with E-state index in [1.807, 2.05) is 33.2 Å². The molecule has 0 unspecified atom stereocenters. The summed E-state index contributed by atoms with van der Waals surface area (Å²) in [5.74, 6) is 0.146. The van der Waals surface area contributed by atoms with E-state index in [9.17, 15) is 4.79 Å². The van der Waals surface area contributed by atoms with E-state index in [0.717, 1.165) is 5.01 Å². The van der Waals surface area contributed by atoms with Crippen molar-refractivity contribution in [2.24, 2.45) is 5.41 Å². The molecule has 0 aliphatic rings. The summed E-state index contributed by atoms with van der Waals surface area (Å²) in [7, 11) is 1.81. The molecular formula is C10H16N2OS. The van der Waals surface area contributed by atoms with E-state index in [1.165, 1.54) is 0 Å². The Morgan fingerprint density at radius 1 is 1.57 bits per heavy atom. The van der Waals surface area contributed by atoms with E-state index in [1.54, 1.807) is 22.4 Å². The van der Waals surface area contributed by atoms with Gasteiger partial charge in [0.1, 0.15) is 5.01 Å². The van der Waals surface area contributed by atoms with E-state index in [-0.39, 0.29) is 11.3 Å². The highest BCUT2D eigenvalue weighted by Gasteiger charge is 2.25. The van der Waals surface area contributed by atoms with Gasteiger partial charge in [0.15, 0.2) is 0 Å². The molecule has 0 bridgehead atoms. The number of hydrogen-bond acceptors (Lipinski definition) is 3. The summed E-state index contributed by atoms with van der Waals surface area (Å²) in [5, 5.41) is 2.90. The molecule has 0 aliphatic heterocycles. The zero-order chi connectivity index (χ0) is 10.8. The number of hydrogen-bond donors (Lipinski definition) is 0. The van der Waals surface area contributed by atoms with E-state index in [0.29, 0.717) is 6.54 Å². The van der Waals surface area contributed by atoms with Crippen molar-refractivity contribution in [2.75, 3.05) is 7.05 Å². The molecule has 0 N–H and O–H groups in total. The lowest BCUT2D eigenvalue weighted by Gasteiger charge is -2.25. The van der Waals surface area contributed by atoms with Crippen LogP contribution in [0.3, 0.4) is 0 Å². The van der Waals surface area contributed by atoms with Gasteiger partial charge < -0.3 is 4.90 Å². The Balaban J connectivity index is 2.59. The van der Waals surface area contributed by atoms with Crippen LogP contribution in [0.4, 0.5) is 0 Å². The maximum atomic E-state index is 11.8. The standard InChI is InChI=1S/C10H16N2OS/c1-10(2,3)9(13)12(4)7-8-11-5-6-14-8/h5-6H,7H2,1-4H3. The van der Waals surface area contributed by atoms with E-state index in [4.69, 9.17) is 0 Å². The third-order valence-electron chi connectivity index (χ3n) is 1.84. The molecule has 0 saturated heterocycles. The quantitative estimate of drug-likeness (QED) is 0.752. The van der Waals surface area contributed by atoms with Crippen LogP contribution in [0.2, 0.25) is 0 Å². The van der Waals surface area contributed by atoms with Gasteiger partial charge in [-0.3, -0.25) is 4.79 Å². The molecule has 1 amide bonds. The molecule has 0 aromatic carbocycles. The van der Waals surface area contributed by atoms with E-state index in [2.05, 4.69) is 4.98 Å². The number of thiazole rings is 1. The Morgan fingerprint density at radius 2 is 2.21 bits per heavy atom. The third kappa shape index (κ3) is 2.80. The Hall–Kier alpha value is -0.900. The zero-order valence-electron chi connectivity index (χ0n) is 9.07. The predicted octanol–water partition coefficient (Wildman–Crippen LogP) is 2.15. The summed E-state index contributed by atoms with van der Waals surface area (Å²) < 4.78 is 0. The Kier molecular flexibility index (Phi) is 3.26. The smallest absolute Gasteiger partial charge is 0.228 e. The second kappa shape index (κ2) is 4.09. The van der Waals surface area contributed by atoms with Crippen molar-refractivity contribution < 1.29 is 4.79 Å². The molecule has 1 aromatic rings. The van der Waals surface area contributed by atoms with E-state index >= 15 is 0 Å². The van der Waals surface area contributed by atoms with Gasteiger partial charge in [0.05, 0.1) is 6.54 Å². The van der Waals surface area contributed by atoms with Gasteiger partial charge in [-0.25, -0.2) is 4.98 Å². The molecule has 1 rings (SSSR count). The highest BCUT2D eigenvalue weighted by atomic mass is 32.1. The van der Waals surface area contributed by atoms with Gasteiger partial charge in [-0.15, -0.1) is 11.3 Å². The van der Waals surface area contributed by atoms with Crippen LogP contribution in [0.15, 0.2) is 11.6 Å². The van der Waals surface area contributed by atoms with Gasteiger partial charge in [-0.2, -0.15) is 0 Å². The normalized spacial score (nSPS) is 11.4. The predicted molar refractivity (Wildman–Crippen MR) is 58.0 cm³/mol. The van der Waals surface area contributed by atoms with Crippen molar-refractivity contribution in [1.29, 1.82) is 0 Å². The molecular weight excluding hydrogens is 196 g/mol. The van der Waals surface area contributed by atoms with Crippen LogP contribution in [0.5, 0.6) is 0 Å². The van der Waals surface area contributed by atoms with Crippen LogP contribution >= 0.6 is 11.3 Å². The van der Waals surface area contributed by atoms with Crippen LogP contribution < -0.4 is 0 Å². The average Bonchev–Trinajstić information content (AvgIpc) is 2.53. The monoisotopic (exact) mass is 212 g/mol. The number of aromatic nitrogens is 1. The first-order valence-electron chi connectivity index (χ1n) is 4.55. The molecule has 78 valence electrons. The maximum Gasteiger partial charge on any atom is 0.228 e. The average molecular weight is 212 g/mol. The van der Waals surface area contributed by atoms with Gasteiger partial charge in [-0.05, 0) is 0 Å². The summed E-state index contributed by atoms with van der Waals surface area (Å²) in [4.78, 5) is 17.7. The minimum atomic E-state index is -0.313. The lowest BCUT2D eigenvalue weighted by molar-refractivity contribution is -0.138. The SMILES string of the molecule is CN(Cc1nccs1)C(=O)C(C)(C)C. The summed E-state index contributed by atoms with van der Waals surface area (Å²) in [6.07, 6.45) is 1.76. The molecule has 0 fully saturated rings. The van der Waals surface area contributed by atoms with Crippen LogP contribution in [0.25, 0.3) is 0 Å². The lowest BCUT2D eigenvalue weighted by Crippen LogP contribution is -2.36. The van der Waals surface area contributed by atoms with Gasteiger partial charge in [-0.1, -0.05) is 20.8 Å². The van der Waals surface area contributed by atoms with Crippen molar-refractivity contribution >= 4 is 17.2 Å². The molecule has 3 nitrogen and oxygen atoms in total. The first kappa shape index (κ1) is 11.2.